The Hall–Kier alpha value is -1.59. The van der Waals surface area contributed by atoms with Gasteiger partial charge >= 0.3 is 0 Å². The Morgan fingerprint density at radius 3 is 2.44 bits per heavy atom. The number of aryl methyl sites for hydroxylation is 1. The van der Waals surface area contributed by atoms with Crippen LogP contribution in [0.3, 0.4) is 0 Å². The van der Waals surface area contributed by atoms with E-state index in [9.17, 15) is 9.59 Å². The molecular formula is C19H28ClN3O2. The van der Waals surface area contributed by atoms with Crippen molar-refractivity contribution in [2.24, 2.45) is 5.92 Å². The van der Waals surface area contributed by atoms with Gasteiger partial charge in [-0.3, -0.25) is 9.59 Å². The molecule has 2 fully saturated rings. The van der Waals surface area contributed by atoms with E-state index in [2.05, 4.69) is 10.6 Å². The molecule has 3 rings (SSSR count). The predicted octanol–water partition coefficient (Wildman–Crippen LogP) is 2.14. The molecular weight excluding hydrogens is 338 g/mol. The highest BCUT2D eigenvalue weighted by Gasteiger charge is 2.25. The van der Waals surface area contributed by atoms with Crippen molar-refractivity contribution in [3.8, 4) is 0 Å². The van der Waals surface area contributed by atoms with E-state index >= 15 is 0 Å². The van der Waals surface area contributed by atoms with E-state index in [1.807, 2.05) is 36.1 Å². The van der Waals surface area contributed by atoms with E-state index < -0.39 is 0 Å². The number of nitrogens with zero attached hydrogens (tertiary/aromatic N) is 1. The molecule has 0 aromatic heterocycles. The number of rotatable bonds is 6. The zero-order valence-electron chi connectivity index (χ0n) is 14.8. The van der Waals surface area contributed by atoms with Crippen LogP contribution in [0.1, 0.15) is 41.6 Å². The first kappa shape index (κ1) is 19.7. The van der Waals surface area contributed by atoms with Gasteiger partial charge in [0.15, 0.2) is 0 Å². The van der Waals surface area contributed by atoms with Crippen molar-refractivity contribution < 1.29 is 9.59 Å². The lowest BCUT2D eigenvalue weighted by Gasteiger charge is -2.32. The zero-order chi connectivity index (χ0) is 16.9. The third-order valence-corrected chi connectivity index (χ3v) is 4.98. The number of hydrogen-bond donors (Lipinski definition) is 2. The molecule has 1 aromatic rings. The van der Waals surface area contributed by atoms with Crippen LogP contribution in [0.5, 0.6) is 0 Å². The summed E-state index contributed by atoms with van der Waals surface area (Å²) < 4.78 is 0. The molecule has 1 aliphatic carbocycles. The van der Waals surface area contributed by atoms with Crippen LogP contribution in [-0.2, 0) is 4.79 Å². The number of carbonyl (C=O) groups is 2. The first-order valence-electron chi connectivity index (χ1n) is 8.98. The van der Waals surface area contributed by atoms with Crippen LogP contribution >= 0.6 is 12.4 Å². The van der Waals surface area contributed by atoms with E-state index in [1.54, 1.807) is 0 Å². The van der Waals surface area contributed by atoms with E-state index in [0.29, 0.717) is 6.54 Å². The molecule has 138 valence electrons. The Balaban J connectivity index is 0.00000225. The van der Waals surface area contributed by atoms with Gasteiger partial charge in [0.25, 0.3) is 5.91 Å². The molecule has 2 aliphatic rings. The molecule has 1 heterocycles. The molecule has 2 N–H and O–H groups in total. The average molecular weight is 366 g/mol. The number of piperidine rings is 1. The van der Waals surface area contributed by atoms with Gasteiger partial charge in [-0.15, -0.1) is 12.4 Å². The van der Waals surface area contributed by atoms with Crippen molar-refractivity contribution in [3.05, 3.63) is 35.4 Å². The van der Waals surface area contributed by atoms with E-state index in [-0.39, 0.29) is 30.3 Å². The minimum atomic E-state index is -0.0102. The Morgan fingerprint density at radius 2 is 1.80 bits per heavy atom. The molecule has 0 radical (unpaired) electrons. The van der Waals surface area contributed by atoms with Crippen LogP contribution in [0.2, 0.25) is 0 Å². The molecule has 1 saturated heterocycles. The summed E-state index contributed by atoms with van der Waals surface area (Å²) in [5.41, 5.74) is 1.73. The largest absolute Gasteiger partial charge is 0.349 e. The molecule has 2 amide bonds. The maximum Gasteiger partial charge on any atom is 0.251 e. The Bertz CT molecular complexity index is 596. The smallest absolute Gasteiger partial charge is 0.251 e. The third kappa shape index (κ3) is 5.72. The summed E-state index contributed by atoms with van der Waals surface area (Å²) in [5, 5.41) is 6.36. The van der Waals surface area contributed by atoms with Crippen molar-refractivity contribution >= 4 is 24.2 Å². The monoisotopic (exact) mass is 365 g/mol. The fourth-order valence-corrected chi connectivity index (χ4v) is 3.18. The minimum absolute atomic E-state index is 0. The first-order chi connectivity index (χ1) is 11.6. The average Bonchev–Trinajstić information content (AvgIpc) is 3.40. The Labute approximate surface area is 155 Å². The third-order valence-electron chi connectivity index (χ3n) is 4.98. The molecule has 0 atom stereocenters. The van der Waals surface area contributed by atoms with Gasteiger partial charge in [0.2, 0.25) is 5.91 Å². The lowest BCUT2D eigenvalue weighted by Crippen LogP contribution is -2.48. The second kappa shape index (κ2) is 9.20. The number of carbonyl (C=O) groups excluding carboxylic acids is 2. The highest BCUT2D eigenvalue weighted by atomic mass is 35.5. The zero-order valence-corrected chi connectivity index (χ0v) is 15.6. The van der Waals surface area contributed by atoms with Crippen molar-refractivity contribution in [3.63, 3.8) is 0 Å². The summed E-state index contributed by atoms with van der Waals surface area (Å²) in [5.74, 6) is 0.962. The van der Waals surface area contributed by atoms with E-state index in [0.717, 1.165) is 49.5 Å². The minimum Gasteiger partial charge on any atom is -0.349 e. The second-order valence-electron chi connectivity index (χ2n) is 7.02. The SMILES string of the molecule is Cc1ccccc1C(=O)NC1CCN(C(=O)CNCC2CC2)CC1.Cl. The predicted molar refractivity (Wildman–Crippen MR) is 101 cm³/mol. The van der Waals surface area contributed by atoms with Gasteiger partial charge in [0.05, 0.1) is 6.54 Å². The number of amides is 2. The van der Waals surface area contributed by atoms with Crippen LogP contribution < -0.4 is 10.6 Å². The number of nitrogens with one attached hydrogen (secondary N) is 2. The van der Waals surface area contributed by atoms with Crippen molar-refractivity contribution in [1.29, 1.82) is 0 Å². The summed E-state index contributed by atoms with van der Waals surface area (Å²) in [6.07, 6.45) is 4.25. The molecule has 1 saturated carbocycles. The molecule has 0 unspecified atom stereocenters. The fourth-order valence-electron chi connectivity index (χ4n) is 3.18. The summed E-state index contributed by atoms with van der Waals surface area (Å²) in [6.45, 7) is 4.81. The Morgan fingerprint density at radius 1 is 1.12 bits per heavy atom. The maximum atomic E-state index is 12.4. The summed E-state index contributed by atoms with van der Waals surface area (Å²) in [4.78, 5) is 26.4. The number of hydrogen-bond acceptors (Lipinski definition) is 3. The lowest BCUT2D eigenvalue weighted by molar-refractivity contribution is -0.131. The van der Waals surface area contributed by atoms with Gasteiger partial charge in [-0.25, -0.2) is 0 Å². The maximum absolute atomic E-state index is 12.4. The van der Waals surface area contributed by atoms with Crippen LogP contribution in [0.4, 0.5) is 0 Å². The second-order valence-corrected chi connectivity index (χ2v) is 7.02. The van der Waals surface area contributed by atoms with Crippen LogP contribution in [-0.4, -0.2) is 48.9 Å². The molecule has 1 aliphatic heterocycles. The highest BCUT2D eigenvalue weighted by Crippen LogP contribution is 2.27. The molecule has 5 nitrogen and oxygen atoms in total. The summed E-state index contributed by atoms with van der Waals surface area (Å²) in [7, 11) is 0. The Kier molecular flexibility index (Phi) is 7.26. The van der Waals surface area contributed by atoms with E-state index in [1.165, 1.54) is 12.8 Å². The number of halogens is 1. The van der Waals surface area contributed by atoms with Crippen LogP contribution in [0, 0.1) is 12.8 Å². The van der Waals surface area contributed by atoms with Crippen molar-refractivity contribution in [1.82, 2.24) is 15.5 Å². The van der Waals surface area contributed by atoms with Gasteiger partial charge in [0, 0.05) is 24.7 Å². The standard InChI is InChI=1S/C19H27N3O2.ClH/c1-14-4-2-3-5-17(14)19(24)21-16-8-10-22(11-9-16)18(23)13-20-12-15-6-7-15;/h2-5,15-16,20H,6-13H2,1H3,(H,21,24);1H. The molecule has 25 heavy (non-hydrogen) atoms. The molecule has 0 bridgehead atoms. The van der Waals surface area contributed by atoms with Gasteiger partial charge in [-0.1, -0.05) is 18.2 Å². The van der Waals surface area contributed by atoms with Crippen molar-refractivity contribution in [2.45, 2.75) is 38.6 Å². The number of likely N-dealkylation sites (tertiary alicyclic amines) is 1. The van der Waals surface area contributed by atoms with Gasteiger partial charge in [0.1, 0.15) is 0 Å². The normalized spacial score (nSPS) is 17.7. The van der Waals surface area contributed by atoms with Crippen molar-refractivity contribution in [2.75, 3.05) is 26.2 Å². The topological polar surface area (TPSA) is 61.4 Å². The van der Waals surface area contributed by atoms with E-state index in [4.69, 9.17) is 0 Å². The van der Waals surface area contributed by atoms with Gasteiger partial charge in [-0.05, 0) is 56.7 Å². The first-order valence-corrected chi connectivity index (χ1v) is 8.98. The van der Waals surface area contributed by atoms with Gasteiger partial charge < -0.3 is 15.5 Å². The quantitative estimate of drug-likeness (QED) is 0.811. The number of benzene rings is 1. The molecule has 1 aromatic carbocycles. The summed E-state index contributed by atoms with van der Waals surface area (Å²) in [6, 6.07) is 7.78. The molecule has 0 spiro atoms. The highest BCUT2D eigenvalue weighted by molar-refractivity contribution is 5.95. The lowest BCUT2D eigenvalue weighted by atomic mass is 10.0. The van der Waals surface area contributed by atoms with Gasteiger partial charge in [-0.2, -0.15) is 0 Å². The summed E-state index contributed by atoms with van der Waals surface area (Å²) >= 11 is 0. The van der Waals surface area contributed by atoms with Crippen LogP contribution in [0.25, 0.3) is 0 Å². The fraction of sp³-hybridized carbons (Fsp3) is 0.579. The molecule has 6 heteroatoms. The van der Waals surface area contributed by atoms with Crippen LogP contribution in [0.15, 0.2) is 24.3 Å².